The molecule has 0 aliphatic carbocycles. The average molecular weight is 323 g/mol. The third-order valence-corrected chi connectivity index (χ3v) is 3.94. The third kappa shape index (κ3) is 3.90. The van der Waals surface area contributed by atoms with Crippen molar-refractivity contribution in [1.29, 1.82) is 0 Å². The first kappa shape index (κ1) is 16.0. The molecule has 0 saturated carbocycles. The Bertz CT molecular complexity index is 792. The summed E-state index contributed by atoms with van der Waals surface area (Å²) in [6.45, 7) is 1.84. The third-order valence-electron chi connectivity index (χ3n) is 3.94. The molecule has 0 spiro atoms. The van der Waals surface area contributed by atoms with Gasteiger partial charge in [-0.2, -0.15) is 5.10 Å². The van der Waals surface area contributed by atoms with Crippen molar-refractivity contribution in [2.45, 2.75) is 25.8 Å². The van der Waals surface area contributed by atoms with Gasteiger partial charge in [0.25, 0.3) is 5.91 Å². The second-order valence-corrected chi connectivity index (χ2v) is 5.94. The van der Waals surface area contributed by atoms with E-state index in [1.165, 1.54) is 5.56 Å². The molecule has 2 heterocycles. The van der Waals surface area contributed by atoms with Gasteiger partial charge in [0.15, 0.2) is 0 Å². The first-order chi connectivity index (χ1) is 11.6. The number of H-pyrrole nitrogens is 1. The van der Waals surface area contributed by atoms with Gasteiger partial charge < -0.3 is 10.3 Å². The van der Waals surface area contributed by atoms with Crippen molar-refractivity contribution in [3.8, 4) is 0 Å². The fourth-order valence-corrected chi connectivity index (χ4v) is 2.82. The van der Waals surface area contributed by atoms with Crippen molar-refractivity contribution in [2.24, 2.45) is 7.05 Å². The van der Waals surface area contributed by atoms with Crippen LogP contribution >= 0.6 is 0 Å². The Morgan fingerprint density at radius 1 is 1.29 bits per heavy atom. The molecule has 3 rings (SSSR count). The van der Waals surface area contributed by atoms with Gasteiger partial charge in [-0.15, -0.1) is 0 Å². The number of nitrogens with zero attached hydrogens (tertiary/aromatic N) is 3. The maximum Gasteiger partial charge on any atom is 0.254 e. The van der Waals surface area contributed by atoms with E-state index in [0.717, 1.165) is 17.8 Å². The van der Waals surface area contributed by atoms with Crippen LogP contribution in [0.5, 0.6) is 0 Å². The minimum absolute atomic E-state index is 0.0278. The van der Waals surface area contributed by atoms with Crippen LogP contribution in [0.3, 0.4) is 0 Å². The number of carbonyl (C=O) groups excluding carboxylic acids is 1. The summed E-state index contributed by atoms with van der Waals surface area (Å²) in [6, 6.07) is 10.1. The highest BCUT2D eigenvalue weighted by atomic mass is 16.1. The van der Waals surface area contributed by atoms with E-state index < -0.39 is 0 Å². The standard InChI is InChI=1S/C18H21N5O/c1-13-17(11-23(2)22-13)18(24)21-15(9-16-10-19-12-20-16)8-14-6-4-3-5-7-14/h3-7,10-12,15H,8-9H2,1-2H3,(H,19,20)(H,21,24)/t15-/m1/s1. The monoisotopic (exact) mass is 323 g/mol. The summed E-state index contributed by atoms with van der Waals surface area (Å²) in [7, 11) is 1.82. The Morgan fingerprint density at radius 2 is 2.08 bits per heavy atom. The Labute approximate surface area is 140 Å². The van der Waals surface area contributed by atoms with Crippen LogP contribution in [-0.2, 0) is 19.9 Å². The van der Waals surface area contributed by atoms with E-state index in [1.54, 1.807) is 23.4 Å². The van der Waals surface area contributed by atoms with Crippen molar-refractivity contribution in [3.63, 3.8) is 0 Å². The zero-order valence-electron chi connectivity index (χ0n) is 13.9. The Morgan fingerprint density at radius 3 is 2.71 bits per heavy atom. The molecule has 6 nitrogen and oxygen atoms in total. The zero-order valence-corrected chi connectivity index (χ0v) is 13.9. The number of amides is 1. The van der Waals surface area contributed by atoms with Gasteiger partial charge in [-0.1, -0.05) is 30.3 Å². The Balaban J connectivity index is 1.76. The highest BCUT2D eigenvalue weighted by Crippen LogP contribution is 2.10. The number of aromatic nitrogens is 4. The lowest BCUT2D eigenvalue weighted by atomic mass is 10.0. The van der Waals surface area contributed by atoms with Crippen molar-refractivity contribution in [1.82, 2.24) is 25.1 Å². The molecule has 3 aromatic rings. The number of imidazole rings is 1. The first-order valence-corrected chi connectivity index (χ1v) is 7.94. The number of hydrogen-bond donors (Lipinski definition) is 2. The molecule has 0 unspecified atom stereocenters. The number of benzene rings is 1. The molecular weight excluding hydrogens is 302 g/mol. The summed E-state index contributed by atoms with van der Waals surface area (Å²) >= 11 is 0. The molecule has 1 amide bonds. The van der Waals surface area contributed by atoms with Crippen LogP contribution in [0.4, 0.5) is 0 Å². The molecule has 0 fully saturated rings. The molecule has 2 aromatic heterocycles. The maximum atomic E-state index is 12.6. The minimum atomic E-state index is -0.0963. The predicted molar refractivity (Wildman–Crippen MR) is 91.6 cm³/mol. The van der Waals surface area contributed by atoms with Crippen LogP contribution in [-0.4, -0.2) is 31.7 Å². The highest BCUT2D eigenvalue weighted by molar-refractivity contribution is 5.95. The molecular formula is C18H21N5O. The summed E-state index contributed by atoms with van der Waals surface area (Å²) in [4.78, 5) is 19.8. The maximum absolute atomic E-state index is 12.6. The lowest BCUT2D eigenvalue weighted by Gasteiger charge is -2.18. The largest absolute Gasteiger partial charge is 0.348 e. The van der Waals surface area contributed by atoms with E-state index in [9.17, 15) is 4.79 Å². The molecule has 124 valence electrons. The number of rotatable bonds is 6. The Hall–Kier alpha value is -2.89. The summed E-state index contributed by atoms with van der Waals surface area (Å²) in [5.74, 6) is -0.0963. The van der Waals surface area contributed by atoms with E-state index in [-0.39, 0.29) is 11.9 Å². The van der Waals surface area contributed by atoms with Crippen molar-refractivity contribution >= 4 is 5.91 Å². The Kier molecular flexibility index (Phi) is 4.74. The number of nitrogens with one attached hydrogen (secondary N) is 2. The van der Waals surface area contributed by atoms with Crippen LogP contribution in [0.2, 0.25) is 0 Å². The highest BCUT2D eigenvalue weighted by Gasteiger charge is 2.18. The topological polar surface area (TPSA) is 75.6 Å². The van der Waals surface area contributed by atoms with Crippen molar-refractivity contribution < 1.29 is 4.79 Å². The summed E-state index contributed by atoms with van der Waals surface area (Å²) < 4.78 is 1.66. The van der Waals surface area contributed by atoms with Gasteiger partial charge >= 0.3 is 0 Å². The number of carbonyl (C=O) groups is 1. The fourth-order valence-electron chi connectivity index (χ4n) is 2.82. The van der Waals surface area contributed by atoms with E-state index >= 15 is 0 Å². The van der Waals surface area contributed by atoms with Gasteiger partial charge in [0.05, 0.1) is 17.6 Å². The molecule has 0 aliphatic rings. The van der Waals surface area contributed by atoms with Crippen LogP contribution in [0.25, 0.3) is 0 Å². The normalized spacial score (nSPS) is 12.1. The summed E-state index contributed by atoms with van der Waals surface area (Å²) in [5.41, 5.74) is 3.53. The minimum Gasteiger partial charge on any atom is -0.348 e. The quantitative estimate of drug-likeness (QED) is 0.729. The molecule has 24 heavy (non-hydrogen) atoms. The van der Waals surface area contributed by atoms with Crippen LogP contribution < -0.4 is 5.32 Å². The van der Waals surface area contributed by atoms with Crippen LogP contribution in [0.1, 0.15) is 27.3 Å². The van der Waals surface area contributed by atoms with Gasteiger partial charge in [0.2, 0.25) is 0 Å². The van der Waals surface area contributed by atoms with Gasteiger partial charge in [0.1, 0.15) is 0 Å². The molecule has 0 bridgehead atoms. The second kappa shape index (κ2) is 7.12. The lowest BCUT2D eigenvalue weighted by Crippen LogP contribution is -2.38. The van der Waals surface area contributed by atoms with Gasteiger partial charge in [-0.3, -0.25) is 9.48 Å². The van der Waals surface area contributed by atoms with E-state index in [4.69, 9.17) is 0 Å². The smallest absolute Gasteiger partial charge is 0.254 e. The summed E-state index contributed by atoms with van der Waals surface area (Å²) in [5, 5.41) is 7.37. The molecule has 0 radical (unpaired) electrons. The predicted octanol–water partition coefficient (Wildman–Crippen LogP) is 2.04. The summed E-state index contributed by atoms with van der Waals surface area (Å²) in [6.07, 6.45) is 6.65. The molecule has 6 heteroatoms. The van der Waals surface area contributed by atoms with Gasteiger partial charge in [0, 0.05) is 37.6 Å². The lowest BCUT2D eigenvalue weighted by molar-refractivity contribution is 0.0936. The second-order valence-electron chi connectivity index (χ2n) is 5.94. The molecule has 0 saturated heterocycles. The fraction of sp³-hybridized carbons (Fsp3) is 0.278. The molecule has 2 N–H and O–H groups in total. The average Bonchev–Trinajstić information content (AvgIpc) is 3.17. The van der Waals surface area contributed by atoms with Crippen molar-refractivity contribution in [2.75, 3.05) is 0 Å². The van der Waals surface area contributed by atoms with E-state index in [0.29, 0.717) is 12.0 Å². The number of aryl methyl sites for hydroxylation is 2. The van der Waals surface area contributed by atoms with Gasteiger partial charge in [-0.25, -0.2) is 4.98 Å². The SMILES string of the molecule is Cc1nn(C)cc1C(=O)N[C@H](Cc1ccccc1)Cc1cnc[nH]1. The molecule has 0 aliphatic heterocycles. The van der Waals surface area contributed by atoms with E-state index in [2.05, 4.69) is 32.5 Å². The van der Waals surface area contributed by atoms with Crippen molar-refractivity contribution in [3.05, 3.63) is 71.6 Å². The van der Waals surface area contributed by atoms with E-state index in [1.807, 2.05) is 32.2 Å². The van der Waals surface area contributed by atoms with Crippen LogP contribution in [0.15, 0.2) is 49.1 Å². The number of hydrogen-bond acceptors (Lipinski definition) is 3. The number of aromatic amines is 1. The molecule has 1 aromatic carbocycles. The first-order valence-electron chi connectivity index (χ1n) is 7.94. The van der Waals surface area contributed by atoms with Gasteiger partial charge in [-0.05, 0) is 18.9 Å². The van der Waals surface area contributed by atoms with Crippen LogP contribution in [0, 0.1) is 6.92 Å². The zero-order chi connectivity index (χ0) is 16.9. The molecule has 1 atom stereocenters.